The molecule has 0 spiro atoms. The van der Waals surface area contributed by atoms with Crippen LogP contribution in [0.3, 0.4) is 0 Å². The summed E-state index contributed by atoms with van der Waals surface area (Å²) in [5, 5.41) is 6.57. The van der Waals surface area contributed by atoms with Gasteiger partial charge in [-0.25, -0.2) is 0 Å². The number of carbonyl (C=O) groups excluding carboxylic acids is 3. The molecular weight excluding hydrogens is 536 g/mol. The third-order valence-corrected chi connectivity index (χ3v) is 9.33. The van der Waals surface area contributed by atoms with E-state index in [2.05, 4.69) is 29.5 Å². The molecule has 1 aromatic carbocycles. The molecule has 0 unspecified atom stereocenters. The molecule has 3 amide bonds. The number of nitrogens with one attached hydrogen (secondary N) is 2. The van der Waals surface area contributed by atoms with Crippen LogP contribution in [0.4, 0.5) is 0 Å². The Morgan fingerprint density at radius 1 is 1.02 bits per heavy atom. The van der Waals surface area contributed by atoms with Crippen LogP contribution >= 0.6 is 11.6 Å². The van der Waals surface area contributed by atoms with E-state index in [-0.39, 0.29) is 17.4 Å². The monoisotopic (exact) mass is 588 g/mol. The lowest BCUT2D eigenvalue weighted by atomic mass is 9.63. The van der Waals surface area contributed by atoms with E-state index < -0.39 is 11.5 Å². The van der Waals surface area contributed by atoms with Gasteiger partial charge in [0, 0.05) is 36.6 Å². The number of likely N-dealkylation sites (tertiary alicyclic amines) is 2. The number of halogens is 1. The molecule has 2 aliphatic heterocycles. The van der Waals surface area contributed by atoms with E-state index in [4.69, 9.17) is 11.6 Å². The number of piperidine rings is 2. The molecule has 2 heterocycles. The highest BCUT2D eigenvalue weighted by Gasteiger charge is 2.49. The Kier molecular flexibility index (Phi) is 12.5. The maximum absolute atomic E-state index is 13.5. The summed E-state index contributed by atoms with van der Waals surface area (Å²) in [6.07, 6.45) is 10.9. The normalized spacial score (nSPS) is 22.6. The average molecular weight is 589 g/mol. The van der Waals surface area contributed by atoms with Crippen molar-refractivity contribution in [3.8, 4) is 0 Å². The van der Waals surface area contributed by atoms with Gasteiger partial charge in [-0.05, 0) is 102 Å². The van der Waals surface area contributed by atoms with Gasteiger partial charge in [0.05, 0.1) is 5.41 Å². The molecule has 1 aromatic rings. The Morgan fingerprint density at radius 2 is 1.66 bits per heavy atom. The number of hydrogen-bond donors (Lipinski definition) is 2. The van der Waals surface area contributed by atoms with Gasteiger partial charge < -0.3 is 20.4 Å². The van der Waals surface area contributed by atoms with Crippen molar-refractivity contribution < 1.29 is 14.4 Å². The lowest BCUT2D eigenvalue weighted by Gasteiger charge is -2.48. The van der Waals surface area contributed by atoms with Gasteiger partial charge in [-0.15, -0.1) is 0 Å². The van der Waals surface area contributed by atoms with E-state index in [0.29, 0.717) is 49.7 Å². The van der Waals surface area contributed by atoms with E-state index in [1.165, 1.54) is 45.2 Å². The van der Waals surface area contributed by atoms with E-state index in [9.17, 15) is 14.4 Å². The molecule has 8 heteroatoms. The molecule has 3 aliphatic rings. The summed E-state index contributed by atoms with van der Waals surface area (Å²) in [5.41, 5.74) is 0.225. The minimum absolute atomic E-state index is 0.0921. The molecule has 0 radical (unpaired) electrons. The standard InChI is InChI=1S/C26H38ClN3O3.C7H15N/c1-25(2,3)29-24(33)26(20-7-5-4-6-8-20)13-15-30(16-14-26)23(32)22(28-18-31)17-19-9-11-21(27)12-10-19;1-7-4-3-5-8(2)6-7/h9-12,18,20,22H,4-8,13-17H2,1-3H3,(H,28,31)(H,29,33);7H,3-6H2,1-2H3/t22-;7-/m10/s1. The maximum Gasteiger partial charge on any atom is 0.245 e. The van der Waals surface area contributed by atoms with Crippen LogP contribution in [0.25, 0.3) is 0 Å². The second kappa shape index (κ2) is 15.4. The predicted octanol–water partition coefficient (Wildman–Crippen LogP) is 5.45. The van der Waals surface area contributed by atoms with E-state index in [1.54, 1.807) is 12.1 Å². The van der Waals surface area contributed by atoms with Crippen LogP contribution in [-0.4, -0.2) is 72.8 Å². The van der Waals surface area contributed by atoms with Crippen LogP contribution in [0.5, 0.6) is 0 Å². The Hall–Kier alpha value is -2.12. The van der Waals surface area contributed by atoms with Crippen molar-refractivity contribution in [2.45, 2.75) is 103 Å². The van der Waals surface area contributed by atoms with Gasteiger partial charge >= 0.3 is 0 Å². The summed E-state index contributed by atoms with van der Waals surface area (Å²) in [7, 11) is 2.20. The molecule has 0 aromatic heterocycles. The second-order valence-corrected chi connectivity index (χ2v) is 14.1. The van der Waals surface area contributed by atoms with Crippen LogP contribution in [0, 0.1) is 17.3 Å². The SMILES string of the molecule is CC(C)(C)NC(=O)C1(C2CCCCC2)CCN(C(=O)[C@@H](Cc2ccc(Cl)cc2)NC=O)CC1.C[C@H]1CCCN(C)C1. The molecule has 2 atom stereocenters. The van der Waals surface area contributed by atoms with Gasteiger partial charge in [0.15, 0.2) is 0 Å². The molecule has 2 saturated heterocycles. The molecule has 230 valence electrons. The minimum Gasteiger partial charge on any atom is -0.351 e. The lowest BCUT2D eigenvalue weighted by molar-refractivity contribution is -0.147. The molecule has 0 bridgehead atoms. The van der Waals surface area contributed by atoms with Crippen molar-refractivity contribution in [2.24, 2.45) is 17.3 Å². The Morgan fingerprint density at radius 3 is 2.17 bits per heavy atom. The fourth-order valence-electron chi connectivity index (χ4n) is 6.87. The number of amides is 3. The maximum atomic E-state index is 13.5. The van der Waals surface area contributed by atoms with Crippen molar-refractivity contribution in [1.29, 1.82) is 0 Å². The van der Waals surface area contributed by atoms with Crippen LogP contribution in [0.1, 0.15) is 91.0 Å². The number of hydrogen-bond acceptors (Lipinski definition) is 4. The smallest absolute Gasteiger partial charge is 0.245 e. The number of rotatable bonds is 7. The summed E-state index contributed by atoms with van der Waals surface area (Å²) in [4.78, 5) is 42.3. The van der Waals surface area contributed by atoms with Crippen molar-refractivity contribution in [3.05, 3.63) is 34.9 Å². The van der Waals surface area contributed by atoms with Gasteiger partial charge in [0.25, 0.3) is 0 Å². The fraction of sp³-hybridized carbons (Fsp3) is 0.727. The van der Waals surface area contributed by atoms with Gasteiger partial charge in [-0.1, -0.05) is 49.9 Å². The zero-order valence-electron chi connectivity index (χ0n) is 26.0. The Labute approximate surface area is 253 Å². The fourth-order valence-corrected chi connectivity index (χ4v) is 6.99. The minimum atomic E-state index is -0.630. The van der Waals surface area contributed by atoms with Crippen molar-refractivity contribution in [1.82, 2.24) is 20.4 Å². The van der Waals surface area contributed by atoms with Gasteiger partial charge in [0.2, 0.25) is 18.2 Å². The molecular formula is C33H53ClN4O3. The van der Waals surface area contributed by atoms with Crippen LogP contribution in [0.2, 0.25) is 5.02 Å². The first kappa shape index (κ1) is 33.4. The van der Waals surface area contributed by atoms with Crippen LogP contribution in [0.15, 0.2) is 24.3 Å². The highest BCUT2D eigenvalue weighted by atomic mass is 35.5. The topological polar surface area (TPSA) is 81.8 Å². The summed E-state index contributed by atoms with van der Waals surface area (Å²) in [6.45, 7) is 12.1. The third-order valence-electron chi connectivity index (χ3n) is 9.08. The van der Waals surface area contributed by atoms with Crippen molar-refractivity contribution >= 4 is 29.8 Å². The lowest BCUT2D eigenvalue weighted by Crippen LogP contribution is -2.58. The molecule has 3 fully saturated rings. The van der Waals surface area contributed by atoms with Gasteiger partial charge in [0.1, 0.15) is 6.04 Å². The van der Waals surface area contributed by atoms with Gasteiger partial charge in [-0.3, -0.25) is 14.4 Å². The molecule has 7 nitrogen and oxygen atoms in total. The first-order valence-corrected chi connectivity index (χ1v) is 16.1. The quantitative estimate of drug-likeness (QED) is 0.415. The first-order chi connectivity index (χ1) is 19.4. The van der Waals surface area contributed by atoms with Gasteiger partial charge in [-0.2, -0.15) is 0 Å². The van der Waals surface area contributed by atoms with Crippen LogP contribution in [-0.2, 0) is 20.8 Å². The Bertz CT molecular complexity index is 971. The Balaban J connectivity index is 0.000000496. The largest absolute Gasteiger partial charge is 0.351 e. The van der Waals surface area contributed by atoms with E-state index >= 15 is 0 Å². The summed E-state index contributed by atoms with van der Waals surface area (Å²) in [5.74, 6) is 1.35. The number of nitrogens with zero attached hydrogens (tertiary/aromatic N) is 2. The first-order valence-electron chi connectivity index (χ1n) is 15.7. The molecule has 41 heavy (non-hydrogen) atoms. The highest BCUT2D eigenvalue weighted by Crippen LogP contribution is 2.46. The van der Waals surface area contributed by atoms with Crippen molar-refractivity contribution in [3.63, 3.8) is 0 Å². The summed E-state index contributed by atoms with van der Waals surface area (Å²) >= 11 is 5.97. The summed E-state index contributed by atoms with van der Waals surface area (Å²) < 4.78 is 0. The second-order valence-electron chi connectivity index (χ2n) is 13.7. The van der Waals surface area contributed by atoms with E-state index in [1.807, 2.05) is 37.8 Å². The van der Waals surface area contributed by atoms with E-state index in [0.717, 1.165) is 24.3 Å². The summed E-state index contributed by atoms with van der Waals surface area (Å²) in [6, 6.07) is 6.68. The zero-order chi connectivity index (χ0) is 30.0. The number of carbonyl (C=O) groups is 3. The van der Waals surface area contributed by atoms with Crippen LogP contribution < -0.4 is 10.6 Å². The molecule has 1 aliphatic carbocycles. The average Bonchev–Trinajstić information content (AvgIpc) is 2.93. The zero-order valence-corrected chi connectivity index (χ0v) is 26.8. The van der Waals surface area contributed by atoms with Crippen molar-refractivity contribution in [2.75, 3.05) is 33.2 Å². The highest BCUT2D eigenvalue weighted by molar-refractivity contribution is 6.30. The number of benzene rings is 1. The third kappa shape index (κ3) is 9.99. The molecule has 4 rings (SSSR count). The molecule has 1 saturated carbocycles. The predicted molar refractivity (Wildman–Crippen MR) is 167 cm³/mol. The molecule has 2 N–H and O–H groups in total.